The lowest BCUT2D eigenvalue weighted by molar-refractivity contribution is 1.17. The monoisotopic (exact) mass is 312 g/mol. The van der Waals surface area contributed by atoms with E-state index in [-0.39, 0.29) is 5.15 Å². The average molecular weight is 314 g/mol. The largest absolute Gasteiger partial charge is 0.393 e. The molecule has 2 aromatic rings. The number of nitrogens with one attached hydrogen (secondary N) is 1. The van der Waals surface area contributed by atoms with Crippen LogP contribution in [-0.2, 0) is 0 Å². The van der Waals surface area contributed by atoms with Crippen molar-refractivity contribution in [2.45, 2.75) is 6.92 Å². The van der Waals surface area contributed by atoms with Crippen LogP contribution < -0.4 is 11.1 Å². The molecule has 0 aliphatic rings. The first kappa shape index (κ1) is 12.1. The molecule has 0 bridgehead atoms. The fraction of sp³-hybridized carbons (Fsp3) is 0.0909. The molecule has 1 aromatic carbocycles. The molecule has 0 atom stereocenters. The zero-order valence-electron chi connectivity index (χ0n) is 9.04. The van der Waals surface area contributed by atoms with Crippen molar-refractivity contribution < 1.29 is 0 Å². The van der Waals surface area contributed by atoms with Gasteiger partial charge in [-0.3, -0.25) is 0 Å². The van der Waals surface area contributed by atoms with E-state index in [1.54, 1.807) is 0 Å². The second kappa shape index (κ2) is 4.89. The van der Waals surface area contributed by atoms with E-state index in [2.05, 4.69) is 31.2 Å². The Labute approximate surface area is 112 Å². The summed E-state index contributed by atoms with van der Waals surface area (Å²) in [6, 6.07) is 5.93. The Balaban J connectivity index is 2.35. The summed E-state index contributed by atoms with van der Waals surface area (Å²) in [5.41, 5.74) is 8.15. The molecule has 0 radical (unpaired) electrons. The maximum Gasteiger partial charge on any atom is 0.158 e. The fourth-order valence-electron chi connectivity index (χ4n) is 1.32. The van der Waals surface area contributed by atoms with Crippen LogP contribution in [0.1, 0.15) is 5.56 Å². The van der Waals surface area contributed by atoms with Gasteiger partial charge in [-0.2, -0.15) is 0 Å². The molecule has 88 valence electrons. The molecule has 0 spiro atoms. The third-order valence-electron chi connectivity index (χ3n) is 2.21. The van der Waals surface area contributed by atoms with Gasteiger partial charge >= 0.3 is 0 Å². The Morgan fingerprint density at radius 1 is 1.35 bits per heavy atom. The van der Waals surface area contributed by atoms with Crippen molar-refractivity contribution in [3.63, 3.8) is 0 Å². The lowest BCUT2D eigenvalue weighted by Gasteiger charge is -2.10. The van der Waals surface area contributed by atoms with Crippen LogP contribution in [0.3, 0.4) is 0 Å². The number of nitrogen functional groups attached to an aromatic ring is 1. The number of aryl methyl sites for hydroxylation is 1. The molecule has 0 aliphatic heterocycles. The molecule has 3 N–H and O–H groups in total. The molecule has 0 saturated heterocycles. The van der Waals surface area contributed by atoms with Gasteiger partial charge in [0.05, 0.1) is 5.69 Å². The van der Waals surface area contributed by atoms with Crippen molar-refractivity contribution in [1.29, 1.82) is 0 Å². The molecule has 17 heavy (non-hydrogen) atoms. The molecule has 6 heteroatoms. The number of hydrogen-bond donors (Lipinski definition) is 2. The van der Waals surface area contributed by atoms with Crippen molar-refractivity contribution in [3.8, 4) is 0 Å². The first-order chi connectivity index (χ1) is 8.08. The van der Waals surface area contributed by atoms with Crippen LogP contribution in [0, 0.1) is 6.92 Å². The van der Waals surface area contributed by atoms with Gasteiger partial charge in [-0.25, -0.2) is 9.97 Å². The normalized spacial score (nSPS) is 10.3. The van der Waals surface area contributed by atoms with E-state index in [0.29, 0.717) is 11.5 Å². The van der Waals surface area contributed by atoms with Crippen LogP contribution in [0.2, 0.25) is 5.15 Å². The molecule has 1 aromatic heterocycles. The van der Waals surface area contributed by atoms with E-state index in [0.717, 1.165) is 15.7 Å². The van der Waals surface area contributed by atoms with E-state index in [1.165, 1.54) is 6.33 Å². The maximum absolute atomic E-state index is 5.82. The predicted molar refractivity (Wildman–Crippen MR) is 73.6 cm³/mol. The Bertz CT molecular complexity index is 559. The lowest BCUT2D eigenvalue weighted by Crippen LogP contribution is -2.01. The minimum Gasteiger partial charge on any atom is -0.393 e. The summed E-state index contributed by atoms with van der Waals surface area (Å²) in [4.78, 5) is 7.84. The molecule has 0 unspecified atom stereocenters. The molecular formula is C11H10BrClN4. The topological polar surface area (TPSA) is 63.8 Å². The fourth-order valence-corrected chi connectivity index (χ4v) is 2.05. The van der Waals surface area contributed by atoms with Gasteiger partial charge in [0.15, 0.2) is 11.0 Å². The first-order valence-corrected chi connectivity index (χ1v) is 6.04. The minimum atomic E-state index is 0.241. The van der Waals surface area contributed by atoms with Crippen LogP contribution in [-0.4, -0.2) is 9.97 Å². The van der Waals surface area contributed by atoms with Gasteiger partial charge in [0.25, 0.3) is 0 Å². The number of benzene rings is 1. The molecular weight excluding hydrogens is 304 g/mol. The van der Waals surface area contributed by atoms with Gasteiger partial charge in [0, 0.05) is 4.47 Å². The summed E-state index contributed by atoms with van der Waals surface area (Å²) in [6.07, 6.45) is 1.36. The van der Waals surface area contributed by atoms with Crippen molar-refractivity contribution >= 4 is 44.7 Å². The highest BCUT2D eigenvalue weighted by molar-refractivity contribution is 9.10. The Morgan fingerprint density at radius 3 is 2.82 bits per heavy atom. The maximum atomic E-state index is 5.82. The zero-order chi connectivity index (χ0) is 12.4. The van der Waals surface area contributed by atoms with Crippen LogP contribution in [0.25, 0.3) is 0 Å². The number of aromatic nitrogens is 2. The number of rotatable bonds is 2. The smallest absolute Gasteiger partial charge is 0.158 e. The quantitative estimate of drug-likeness (QED) is 0.833. The molecule has 0 aliphatic carbocycles. The van der Waals surface area contributed by atoms with Crippen molar-refractivity contribution in [2.75, 3.05) is 11.1 Å². The van der Waals surface area contributed by atoms with Gasteiger partial charge in [0.2, 0.25) is 0 Å². The minimum absolute atomic E-state index is 0.241. The van der Waals surface area contributed by atoms with Crippen LogP contribution in [0.15, 0.2) is 29.0 Å². The van der Waals surface area contributed by atoms with E-state index in [4.69, 9.17) is 17.3 Å². The average Bonchev–Trinajstić information content (AvgIpc) is 2.28. The van der Waals surface area contributed by atoms with E-state index in [1.807, 2.05) is 25.1 Å². The summed E-state index contributed by atoms with van der Waals surface area (Å²) < 4.78 is 0.937. The molecule has 0 fully saturated rings. The number of hydrogen-bond acceptors (Lipinski definition) is 4. The number of anilines is 3. The standard InChI is InChI=1S/C11H10BrClN4/c1-6-2-3-8(7(12)4-6)17-11-9(14)10(13)15-5-16-11/h2-5H,14H2,1H3,(H,15,16,17). The summed E-state index contributed by atoms with van der Waals surface area (Å²) >= 11 is 9.29. The van der Waals surface area contributed by atoms with Crippen molar-refractivity contribution in [3.05, 3.63) is 39.7 Å². The second-order valence-electron chi connectivity index (χ2n) is 3.54. The third kappa shape index (κ3) is 2.68. The van der Waals surface area contributed by atoms with Gasteiger partial charge in [-0.05, 0) is 40.5 Å². The van der Waals surface area contributed by atoms with Gasteiger partial charge < -0.3 is 11.1 Å². The summed E-state index contributed by atoms with van der Waals surface area (Å²) in [5.74, 6) is 0.495. The van der Waals surface area contributed by atoms with Crippen molar-refractivity contribution in [1.82, 2.24) is 9.97 Å². The molecule has 1 heterocycles. The second-order valence-corrected chi connectivity index (χ2v) is 4.75. The van der Waals surface area contributed by atoms with Crippen LogP contribution >= 0.6 is 27.5 Å². The SMILES string of the molecule is Cc1ccc(Nc2ncnc(Cl)c2N)c(Br)c1. The predicted octanol–water partition coefficient (Wildman–Crippen LogP) is 3.53. The highest BCUT2D eigenvalue weighted by Crippen LogP contribution is 2.30. The van der Waals surface area contributed by atoms with Crippen LogP contribution in [0.4, 0.5) is 17.2 Å². The molecule has 0 amide bonds. The Hall–Kier alpha value is -1.33. The first-order valence-electron chi connectivity index (χ1n) is 4.87. The number of nitrogens with two attached hydrogens (primary N) is 1. The highest BCUT2D eigenvalue weighted by Gasteiger charge is 2.07. The lowest BCUT2D eigenvalue weighted by atomic mass is 10.2. The van der Waals surface area contributed by atoms with Crippen LogP contribution in [0.5, 0.6) is 0 Å². The van der Waals surface area contributed by atoms with Gasteiger partial charge in [-0.1, -0.05) is 17.7 Å². The van der Waals surface area contributed by atoms with E-state index in [9.17, 15) is 0 Å². The Morgan fingerprint density at radius 2 is 2.12 bits per heavy atom. The van der Waals surface area contributed by atoms with Crippen molar-refractivity contribution in [2.24, 2.45) is 0 Å². The summed E-state index contributed by atoms with van der Waals surface area (Å²) in [5, 5.41) is 3.34. The summed E-state index contributed by atoms with van der Waals surface area (Å²) in [6.45, 7) is 2.02. The number of nitrogens with zero attached hydrogens (tertiary/aromatic N) is 2. The highest BCUT2D eigenvalue weighted by atomic mass is 79.9. The third-order valence-corrected chi connectivity index (χ3v) is 3.17. The zero-order valence-corrected chi connectivity index (χ0v) is 11.4. The molecule has 2 rings (SSSR count). The molecule has 0 saturated carbocycles. The van der Waals surface area contributed by atoms with Gasteiger partial charge in [-0.15, -0.1) is 0 Å². The van der Waals surface area contributed by atoms with E-state index >= 15 is 0 Å². The summed E-state index contributed by atoms with van der Waals surface area (Å²) in [7, 11) is 0. The Kier molecular flexibility index (Phi) is 3.49. The molecule has 4 nitrogen and oxygen atoms in total. The number of halogens is 2. The van der Waals surface area contributed by atoms with E-state index < -0.39 is 0 Å². The van der Waals surface area contributed by atoms with Gasteiger partial charge in [0.1, 0.15) is 12.0 Å².